The summed E-state index contributed by atoms with van der Waals surface area (Å²) < 4.78 is 38.4. The Morgan fingerprint density at radius 3 is 2.29 bits per heavy atom. The molecule has 4 rings (SSSR count). The summed E-state index contributed by atoms with van der Waals surface area (Å²) >= 11 is 10.7. The van der Waals surface area contributed by atoms with Gasteiger partial charge in [0.1, 0.15) is 5.76 Å². The molecule has 2 aliphatic rings. The quantitative estimate of drug-likeness (QED) is 0.100. The normalized spacial score (nSPS) is 19.1. The van der Waals surface area contributed by atoms with Gasteiger partial charge >= 0.3 is 0 Å². The number of hydrogen-bond acceptors (Lipinski definition) is 5. The second-order valence-electron chi connectivity index (χ2n) is 11.7. The zero-order valence-electron chi connectivity index (χ0n) is 24.2. The van der Waals surface area contributed by atoms with E-state index in [0.29, 0.717) is 49.6 Å². The highest BCUT2D eigenvalue weighted by Gasteiger charge is 2.49. The van der Waals surface area contributed by atoms with E-state index >= 15 is 8.78 Å². The number of halogens is 3. The van der Waals surface area contributed by atoms with Crippen molar-refractivity contribution in [2.24, 2.45) is 5.73 Å². The number of nitrogens with two attached hydrogens (primary N) is 1. The topological polar surface area (TPSA) is 67.6 Å². The van der Waals surface area contributed by atoms with Crippen LogP contribution in [0.25, 0.3) is 11.1 Å². The van der Waals surface area contributed by atoms with E-state index in [9.17, 15) is 4.79 Å². The van der Waals surface area contributed by atoms with Crippen LogP contribution < -0.4 is 11.1 Å². The fourth-order valence-electron chi connectivity index (χ4n) is 5.53. The first kappa shape index (κ1) is 32.5. The lowest BCUT2D eigenvalue weighted by atomic mass is 9.95. The number of ether oxygens (including phenoxy) is 1. The molecular formula is C33H42ClF2N3O2S. The van der Waals surface area contributed by atoms with Gasteiger partial charge in [0.05, 0.1) is 11.0 Å². The maximum atomic E-state index is 16.3. The number of thiol groups is 1. The summed E-state index contributed by atoms with van der Waals surface area (Å²) in [5.41, 5.74) is 7.40. The Morgan fingerprint density at radius 2 is 1.69 bits per heavy atom. The number of nitrogens with one attached hydrogen (secondary N) is 1. The minimum Gasteiger partial charge on any atom is -0.491 e. The largest absolute Gasteiger partial charge is 0.491 e. The number of likely N-dealkylation sites (tertiary alicyclic amines) is 1. The first-order valence-corrected chi connectivity index (χ1v) is 15.6. The van der Waals surface area contributed by atoms with Crippen LogP contribution in [0.15, 0.2) is 73.0 Å². The van der Waals surface area contributed by atoms with Crippen LogP contribution in [0.2, 0.25) is 5.02 Å². The van der Waals surface area contributed by atoms with Crippen molar-refractivity contribution >= 4 is 30.1 Å². The maximum absolute atomic E-state index is 16.3. The molecule has 0 radical (unpaired) electrons. The number of piperidine rings is 1. The zero-order valence-corrected chi connectivity index (χ0v) is 25.9. The first-order chi connectivity index (χ1) is 19.9. The van der Waals surface area contributed by atoms with Gasteiger partial charge in [-0.2, -0.15) is 21.4 Å². The van der Waals surface area contributed by atoms with Crippen molar-refractivity contribution in [1.29, 1.82) is 0 Å². The summed E-state index contributed by atoms with van der Waals surface area (Å²) in [4.78, 5) is 14.1. The van der Waals surface area contributed by atoms with Gasteiger partial charge in [-0.05, 0) is 87.6 Å². The number of hydrogen-bond donors (Lipinski definition) is 3. The molecule has 2 fully saturated rings. The third kappa shape index (κ3) is 8.82. The molecule has 2 unspecified atom stereocenters. The highest BCUT2D eigenvalue weighted by molar-refractivity contribution is 7.81. The van der Waals surface area contributed by atoms with Crippen LogP contribution in [0.1, 0.15) is 63.9 Å². The Balaban J connectivity index is 1.48. The Bertz CT molecular complexity index is 1220. The molecule has 9 heteroatoms. The SMILES string of the molecule is C=C(/C=C\CCC(C)(S)NC(C(=O)N1CCC(N)CC1)C(F)(F)c1ccc(-c2ccc(Cl)cc2)cc1)OC1CCCC1. The van der Waals surface area contributed by atoms with Crippen LogP contribution >= 0.6 is 24.2 Å². The van der Waals surface area contributed by atoms with Crippen molar-refractivity contribution < 1.29 is 18.3 Å². The summed E-state index contributed by atoms with van der Waals surface area (Å²) in [6.07, 6.45) is 10.5. The molecule has 0 bridgehead atoms. The Hall–Kier alpha value is -2.39. The van der Waals surface area contributed by atoms with Gasteiger partial charge in [-0.15, -0.1) is 0 Å². The van der Waals surface area contributed by atoms with Crippen molar-refractivity contribution in [3.05, 3.63) is 83.6 Å². The molecule has 2 atom stereocenters. The predicted octanol–water partition coefficient (Wildman–Crippen LogP) is 7.46. The molecule has 2 aromatic carbocycles. The highest BCUT2D eigenvalue weighted by Crippen LogP contribution is 2.37. The monoisotopic (exact) mass is 617 g/mol. The van der Waals surface area contributed by atoms with Gasteiger partial charge in [0.2, 0.25) is 5.91 Å². The van der Waals surface area contributed by atoms with Crippen molar-refractivity contribution in [2.75, 3.05) is 13.1 Å². The van der Waals surface area contributed by atoms with E-state index in [1.165, 1.54) is 29.9 Å². The van der Waals surface area contributed by atoms with E-state index < -0.39 is 22.7 Å². The number of alkyl halides is 2. The predicted molar refractivity (Wildman–Crippen MR) is 170 cm³/mol. The molecule has 0 aromatic heterocycles. The lowest BCUT2D eigenvalue weighted by Gasteiger charge is -2.39. The van der Waals surface area contributed by atoms with Crippen molar-refractivity contribution in [2.45, 2.75) is 87.3 Å². The highest BCUT2D eigenvalue weighted by atomic mass is 35.5. The minimum absolute atomic E-state index is 0.0317. The van der Waals surface area contributed by atoms with E-state index in [2.05, 4.69) is 11.9 Å². The lowest BCUT2D eigenvalue weighted by molar-refractivity contribution is -0.147. The van der Waals surface area contributed by atoms with Crippen LogP contribution in [-0.2, 0) is 15.5 Å². The smallest absolute Gasteiger partial charge is 0.297 e. The third-order valence-electron chi connectivity index (χ3n) is 8.09. The molecule has 1 aliphatic carbocycles. The van der Waals surface area contributed by atoms with E-state index in [-0.39, 0.29) is 17.7 Å². The summed E-state index contributed by atoms with van der Waals surface area (Å²) in [6, 6.07) is 11.4. The third-order valence-corrected chi connectivity index (χ3v) is 8.69. The van der Waals surface area contributed by atoms with E-state index in [1.807, 2.05) is 24.3 Å². The summed E-state index contributed by atoms with van der Waals surface area (Å²) in [7, 11) is 0. The molecule has 2 aromatic rings. The number of rotatable bonds is 12. The van der Waals surface area contributed by atoms with Crippen LogP contribution in [0.4, 0.5) is 8.78 Å². The maximum Gasteiger partial charge on any atom is 0.297 e. The molecule has 0 spiro atoms. The molecule has 5 nitrogen and oxygen atoms in total. The van der Waals surface area contributed by atoms with Gasteiger partial charge in [-0.1, -0.05) is 60.7 Å². The summed E-state index contributed by atoms with van der Waals surface area (Å²) in [5.74, 6) is -3.55. The number of nitrogens with zero attached hydrogens (tertiary/aromatic N) is 1. The van der Waals surface area contributed by atoms with Gasteiger partial charge in [-0.25, -0.2) is 0 Å². The van der Waals surface area contributed by atoms with Crippen LogP contribution in [0.5, 0.6) is 0 Å². The van der Waals surface area contributed by atoms with Crippen molar-refractivity contribution in [1.82, 2.24) is 10.2 Å². The number of benzene rings is 2. The number of amides is 1. The lowest BCUT2D eigenvalue weighted by Crippen LogP contribution is -2.60. The van der Waals surface area contributed by atoms with Crippen LogP contribution in [0, 0.1) is 0 Å². The average Bonchev–Trinajstić information content (AvgIpc) is 3.47. The molecule has 1 saturated heterocycles. The molecule has 1 saturated carbocycles. The zero-order chi connectivity index (χ0) is 30.3. The van der Waals surface area contributed by atoms with Gasteiger partial charge in [0.15, 0.2) is 6.04 Å². The average molecular weight is 618 g/mol. The van der Waals surface area contributed by atoms with Crippen LogP contribution in [-0.4, -0.2) is 47.0 Å². The molecular weight excluding hydrogens is 576 g/mol. The molecule has 228 valence electrons. The second kappa shape index (κ2) is 14.4. The fourth-order valence-corrected chi connectivity index (χ4v) is 5.91. The molecule has 1 amide bonds. The summed E-state index contributed by atoms with van der Waals surface area (Å²) in [6.45, 7) is 6.38. The second-order valence-corrected chi connectivity index (χ2v) is 13.1. The molecule has 3 N–H and O–H groups in total. The van der Waals surface area contributed by atoms with Gasteiger partial charge in [-0.3, -0.25) is 10.1 Å². The summed E-state index contributed by atoms with van der Waals surface area (Å²) in [5, 5.41) is 3.53. The number of allylic oxidation sites excluding steroid dienone is 2. The van der Waals surface area contributed by atoms with Gasteiger partial charge in [0.25, 0.3) is 5.92 Å². The Labute approximate surface area is 258 Å². The van der Waals surface area contributed by atoms with Crippen molar-refractivity contribution in [3.63, 3.8) is 0 Å². The first-order valence-electron chi connectivity index (χ1n) is 14.8. The Morgan fingerprint density at radius 1 is 1.12 bits per heavy atom. The van der Waals surface area contributed by atoms with Crippen molar-refractivity contribution in [3.8, 4) is 11.1 Å². The Kier molecular flexibility index (Phi) is 11.1. The number of carbonyl (C=O) groups is 1. The molecule has 1 heterocycles. The van der Waals surface area contributed by atoms with E-state index in [1.54, 1.807) is 31.2 Å². The standard InChI is InChI=1S/C33H42ClF2N3O2S/c1-23(41-29-8-3-4-9-29)7-5-6-20-32(2,42)38-30(31(40)39-21-18-28(37)19-22-39)33(35,36)26-14-10-24(11-15-26)25-12-16-27(34)17-13-25/h5,7,10-17,28-30,38,42H,1,3-4,6,8-9,18-22,37H2,2H3/b7-5-. The van der Waals surface area contributed by atoms with E-state index in [4.69, 9.17) is 34.7 Å². The van der Waals surface area contributed by atoms with Gasteiger partial charge in [0, 0.05) is 29.7 Å². The molecule has 1 aliphatic heterocycles. The van der Waals surface area contributed by atoms with Gasteiger partial charge < -0.3 is 15.4 Å². The van der Waals surface area contributed by atoms with Crippen LogP contribution in [0.3, 0.4) is 0 Å². The fraction of sp³-hybridized carbons (Fsp3) is 0.485. The number of carbonyl (C=O) groups excluding carboxylic acids is 1. The minimum atomic E-state index is -3.50. The van der Waals surface area contributed by atoms with E-state index in [0.717, 1.165) is 24.0 Å². The molecule has 42 heavy (non-hydrogen) atoms.